The number of nitrogens with one attached hydrogen (secondary N) is 3. The summed E-state index contributed by atoms with van der Waals surface area (Å²) in [6.07, 6.45) is 1.55. The highest BCUT2D eigenvalue weighted by Crippen LogP contribution is 2.32. The second-order valence-corrected chi connectivity index (χ2v) is 8.42. The van der Waals surface area contributed by atoms with Gasteiger partial charge in [-0.1, -0.05) is 18.2 Å². The lowest BCUT2D eigenvalue weighted by atomic mass is 10.0. The quantitative estimate of drug-likeness (QED) is 0.313. The molecule has 2 aliphatic rings. The van der Waals surface area contributed by atoms with Crippen molar-refractivity contribution in [3.8, 4) is 0 Å². The van der Waals surface area contributed by atoms with E-state index in [-0.39, 0.29) is 36.5 Å². The van der Waals surface area contributed by atoms with Gasteiger partial charge in [0.2, 0.25) is 11.8 Å². The molecule has 0 radical (unpaired) electrons. The molecule has 0 bridgehead atoms. The van der Waals surface area contributed by atoms with Crippen LogP contribution < -0.4 is 16.0 Å². The molecule has 1 fully saturated rings. The number of anilines is 1. The highest BCUT2D eigenvalue weighted by atomic mass is 16.3. The third kappa shape index (κ3) is 5.07. The molecule has 2 aromatic rings. The van der Waals surface area contributed by atoms with Gasteiger partial charge >= 0.3 is 0 Å². The van der Waals surface area contributed by atoms with E-state index < -0.39 is 29.7 Å². The van der Waals surface area contributed by atoms with Crippen LogP contribution in [-0.2, 0) is 16.2 Å². The Morgan fingerprint density at radius 2 is 1.80 bits per heavy atom. The Morgan fingerprint density at radius 3 is 2.57 bits per heavy atom. The van der Waals surface area contributed by atoms with Crippen molar-refractivity contribution in [3.63, 3.8) is 0 Å². The van der Waals surface area contributed by atoms with Crippen molar-refractivity contribution in [2.45, 2.75) is 38.3 Å². The second-order valence-electron chi connectivity index (χ2n) is 8.42. The first kappa shape index (κ1) is 24.1. The minimum Gasteiger partial charge on any atom is -0.392 e. The van der Waals surface area contributed by atoms with Crippen LogP contribution in [-0.4, -0.2) is 58.7 Å². The molecule has 2 aromatic carbocycles. The highest BCUT2D eigenvalue weighted by Gasteiger charge is 2.45. The number of nitrogens with zero attached hydrogens (tertiary/aromatic N) is 1. The summed E-state index contributed by atoms with van der Waals surface area (Å²) in [6, 6.07) is 10.7. The van der Waals surface area contributed by atoms with Crippen molar-refractivity contribution in [2.24, 2.45) is 0 Å². The van der Waals surface area contributed by atoms with E-state index >= 15 is 0 Å². The van der Waals surface area contributed by atoms with Gasteiger partial charge in [-0.25, -0.2) is 0 Å². The number of amides is 5. The molecule has 4 N–H and O–H groups in total. The zero-order valence-corrected chi connectivity index (χ0v) is 19.0. The van der Waals surface area contributed by atoms with Gasteiger partial charge in [0.15, 0.2) is 0 Å². The molecule has 10 heteroatoms. The van der Waals surface area contributed by atoms with Crippen molar-refractivity contribution in [1.29, 1.82) is 0 Å². The summed E-state index contributed by atoms with van der Waals surface area (Å²) in [5.74, 6) is -2.38. The maximum atomic E-state index is 13.1. The summed E-state index contributed by atoms with van der Waals surface area (Å²) in [6.45, 7) is 0.832. The average molecular weight is 479 g/mol. The van der Waals surface area contributed by atoms with Crippen molar-refractivity contribution in [1.82, 2.24) is 15.5 Å². The fraction of sp³-hybridized carbons (Fsp3) is 0.320. The first-order valence-electron chi connectivity index (χ1n) is 11.5. The molecule has 10 nitrogen and oxygen atoms in total. The lowest BCUT2D eigenvalue weighted by Gasteiger charge is -2.27. The number of rotatable bonds is 9. The average Bonchev–Trinajstić information content (AvgIpc) is 3.11. The molecular weight excluding hydrogens is 452 g/mol. The van der Waals surface area contributed by atoms with Crippen LogP contribution in [0.3, 0.4) is 0 Å². The molecule has 4 rings (SSSR count). The van der Waals surface area contributed by atoms with Crippen LogP contribution in [0.1, 0.15) is 62.3 Å². The molecule has 0 aromatic heterocycles. The van der Waals surface area contributed by atoms with E-state index in [1.165, 1.54) is 0 Å². The minimum atomic E-state index is -1.00. The summed E-state index contributed by atoms with van der Waals surface area (Å²) in [4.78, 5) is 62.8. The number of carbonyl (C=O) groups is 5. The zero-order valence-electron chi connectivity index (χ0n) is 19.0. The maximum Gasteiger partial charge on any atom is 0.264 e. The first-order valence-corrected chi connectivity index (χ1v) is 11.5. The van der Waals surface area contributed by atoms with Gasteiger partial charge in [0.1, 0.15) is 6.04 Å². The van der Waals surface area contributed by atoms with Gasteiger partial charge < -0.3 is 15.7 Å². The van der Waals surface area contributed by atoms with Crippen LogP contribution in [0.15, 0.2) is 42.5 Å². The topological polar surface area (TPSA) is 145 Å². The lowest BCUT2D eigenvalue weighted by molar-refractivity contribution is -0.136. The van der Waals surface area contributed by atoms with Gasteiger partial charge in [-0.05, 0) is 49.1 Å². The molecule has 182 valence electrons. The normalized spacial score (nSPS) is 17.3. The molecular formula is C25H26N4O6. The predicted molar refractivity (Wildman–Crippen MR) is 126 cm³/mol. The monoisotopic (exact) mass is 478 g/mol. The van der Waals surface area contributed by atoms with E-state index in [4.69, 9.17) is 0 Å². The van der Waals surface area contributed by atoms with Crippen LogP contribution in [0.25, 0.3) is 0 Å². The number of piperidine rings is 1. The van der Waals surface area contributed by atoms with Crippen molar-refractivity contribution in [3.05, 3.63) is 64.7 Å². The number of hydrogen-bond acceptors (Lipinski definition) is 7. The molecule has 1 saturated heterocycles. The summed E-state index contributed by atoms with van der Waals surface area (Å²) < 4.78 is 0. The minimum absolute atomic E-state index is 0.0678. The summed E-state index contributed by atoms with van der Waals surface area (Å²) in [7, 11) is 0. The number of unbranched alkanes of at least 4 members (excludes halogenated alkanes) is 1. The number of imide groups is 2. The van der Waals surface area contributed by atoms with Gasteiger partial charge in [0, 0.05) is 30.8 Å². The Labute approximate surface area is 201 Å². The molecule has 0 aliphatic carbocycles. The number of hydrogen-bond donors (Lipinski definition) is 4. The Hall–Kier alpha value is -4.05. The van der Waals surface area contributed by atoms with E-state index in [1.807, 2.05) is 0 Å². The van der Waals surface area contributed by atoms with Gasteiger partial charge in [-0.2, -0.15) is 0 Å². The largest absolute Gasteiger partial charge is 0.392 e. The van der Waals surface area contributed by atoms with Crippen molar-refractivity contribution in [2.75, 3.05) is 18.4 Å². The molecule has 35 heavy (non-hydrogen) atoms. The van der Waals surface area contributed by atoms with E-state index in [0.29, 0.717) is 42.7 Å². The van der Waals surface area contributed by atoms with Crippen LogP contribution in [0.2, 0.25) is 0 Å². The Bertz CT molecular complexity index is 1190. The zero-order chi connectivity index (χ0) is 24.9. The van der Waals surface area contributed by atoms with Crippen molar-refractivity contribution >= 4 is 35.2 Å². The van der Waals surface area contributed by atoms with Gasteiger partial charge in [-0.3, -0.25) is 34.2 Å². The molecule has 2 heterocycles. The fourth-order valence-corrected chi connectivity index (χ4v) is 4.25. The maximum absolute atomic E-state index is 13.1. The molecule has 1 unspecified atom stereocenters. The number of carbonyl (C=O) groups excluding carboxylic acids is 5. The predicted octanol–water partition coefficient (Wildman–Crippen LogP) is 1.20. The van der Waals surface area contributed by atoms with E-state index in [1.54, 1.807) is 42.5 Å². The van der Waals surface area contributed by atoms with Gasteiger partial charge in [0.25, 0.3) is 17.7 Å². The molecule has 0 saturated carbocycles. The SMILES string of the molecule is O=C1CCC(N2C(=O)c3cccc(NCCCCNC(=O)c4cccc(CO)c4)c3C2=O)C(=O)N1. The Balaban J connectivity index is 1.30. The van der Waals surface area contributed by atoms with Crippen LogP contribution in [0.4, 0.5) is 5.69 Å². The Morgan fingerprint density at radius 1 is 1.03 bits per heavy atom. The smallest absolute Gasteiger partial charge is 0.264 e. The molecule has 2 aliphatic heterocycles. The lowest BCUT2D eigenvalue weighted by Crippen LogP contribution is -2.54. The van der Waals surface area contributed by atoms with Crippen LogP contribution in [0.5, 0.6) is 0 Å². The summed E-state index contributed by atoms with van der Waals surface area (Å²) >= 11 is 0. The second kappa shape index (κ2) is 10.5. The summed E-state index contributed by atoms with van der Waals surface area (Å²) in [5, 5.41) is 17.4. The van der Waals surface area contributed by atoms with E-state index in [9.17, 15) is 29.1 Å². The molecule has 5 amide bonds. The number of benzene rings is 2. The van der Waals surface area contributed by atoms with Crippen LogP contribution in [0, 0.1) is 0 Å². The highest BCUT2D eigenvalue weighted by molar-refractivity contribution is 6.25. The van der Waals surface area contributed by atoms with Crippen molar-refractivity contribution < 1.29 is 29.1 Å². The van der Waals surface area contributed by atoms with Crippen LogP contribution >= 0.6 is 0 Å². The molecule has 0 spiro atoms. The Kier molecular flexibility index (Phi) is 7.21. The number of aliphatic hydroxyl groups excluding tert-OH is 1. The molecule has 1 atom stereocenters. The fourth-order valence-electron chi connectivity index (χ4n) is 4.25. The number of aliphatic hydroxyl groups is 1. The first-order chi connectivity index (χ1) is 16.9. The summed E-state index contributed by atoms with van der Waals surface area (Å²) in [5.41, 5.74) is 2.10. The van der Waals surface area contributed by atoms with Gasteiger partial charge in [0.05, 0.1) is 17.7 Å². The standard InChI is InChI=1S/C25H26N4O6/c30-14-15-5-3-6-16(13-15)22(32)27-12-2-1-11-26-18-8-4-7-17-21(18)25(35)29(24(17)34)19-9-10-20(31)28-23(19)33/h3-8,13,19,26,30H,1-2,9-12,14H2,(H,27,32)(H,28,31,33). The number of fused-ring (bicyclic) bond motifs is 1. The third-order valence-electron chi connectivity index (χ3n) is 6.04. The van der Waals surface area contributed by atoms with E-state index in [2.05, 4.69) is 16.0 Å². The van der Waals surface area contributed by atoms with E-state index in [0.717, 1.165) is 4.90 Å². The third-order valence-corrected chi connectivity index (χ3v) is 6.04. The van der Waals surface area contributed by atoms with Gasteiger partial charge in [-0.15, -0.1) is 0 Å².